The standard InChI is InChI=1S/CH3OS.HI/c1-3-2;/h1H3;1H/q+1;/p-1. The predicted octanol–water partition coefficient (Wildman–Crippen LogP) is -2.95. The van der Waals surface area contributed by atoms with Crippen LogP contribution in [-0.4, -0.2) is 6.26 Å². The van der Waals surface area contributed by atoms with E-state index < -0.39 is 0 Å². The minimum Gasteiger partial charge on any atom is -1.00 e. The first-order chi connectivity index (χ1) is 1.41. The molecule has 0 atom stereocenters. The minimum absolute atomic E-state index is 0. The molecule has 0 heterocycles. The quantitative estimate of drug-likeness (QED) is 0.295. The zero-order valence-electron chi connectivity index (χ0n) is 2.19. The van der Waals surface area contributed by atoms with Crippen molar-refractivity contribution in [3.8, 4) is 0 Å². The van der Waals surface area contributed by atoms with Crippen molar-refractivity contribution in [3.05, 3.63) is 0 Å². The molecule has 0 saturated heterocycles. The highest BCUT2D eigenvalue weighted by molar-refractivity contribution is 7.64. The van der Waals surface area contributed by atoms with Crippen molar-refractivity contribution in [1.82, 2.24) is 0 Å². The van der Waals surface area contributed by atoms with Crippen LogP contribution in [0.15, 0.2) is 0 Å². The van der Waals surface area contributed by atoms with Gasteiger partial charge in [-0.2, -0.15) is 0 Å². The van der Waals surface area contributed by atoms with Gasteiger partial charge >= 0.3 is 11.7 Å². The number of rotatable bonds is 0. The molecule has 0 bridgehead atoms. The molecule has 0 aliphatic heterocycles. The van der Waals surface area contributed by atoms with E-state index in [-0.39, 0.29) is 24.0 Å². The van der Waals surface area contributed by atoms with E-state index >= 15 is 0 Å². The van der Waals surface area contributed by atoms with Gasteiger partial charge in [0.05, 0.1) is 0 Å². The van der Waals surface area contributed by atoms with Crippen LogP contribution in [0.3, 0.4) is 0 Å². The molecule has 4 heavy (non-hydrogen) atoms. The molecular formula is CH3IOS. The first-order valence-corrected chi connectivity index (χ1v) is 1.72. The van der Waals surface area contributed by atoms with Crippen LogP contribution in [-0.2, 0) is 15.9 Å². The Morgan fingerprint density at radius 3 is 1.75 bits per heavy atom. The lowest BCUT2D eigenvalue weighted by Gasteiger charge is -1.00. The fourth-order valence-corrected chi connectivity index (χ4v) is 0. The monoisotopic (exact) mass is 190 g/mol. The molecular weight excluding hydrogens is 187 g/mol. The van der Waals surface area contributed by atoms with Crippen molar-refractivity contribution in [2.24, 2.45) is 0 Å². The first-order valence-electron chi connectivity index (χ1n) is 0.575. The fourth-order valence-electron chi connectivity index (χ4n) is 0. The van der Waals surface area contributed by atoms with E-state index in [1.165, 1.54) is 6.26 Å². The second kappa shape index (κ2) is 9.26. The summed E-state index contributed by atoms with van der Waals surface area (Å²) >= 11 is 0.500. The molecule has 0 unspecified atom stereocenters. The normalized spacial score (nSPS) is 3.25. The van der Waals surface area contributed by atoms with E-state index in [2.05, 4.69) is 0 Å². The topological polar surface area (TPSA) is 17.1 Å². The van der Waals surface area contributed by atoms with Crippen molar-refractivity contribution in [1.29, 1.82) is 0 Å². The summed E-state index contributed by atoms with van der Waals surface area (Å²) in [6, 6.07) is 0. The predicted molar refractivity (Wildman–Crippen MR) is 14.0 cm³/mol. The van der Waals surface area contributed by atoms with Gasteiger partial charge in [-0.3, -0.25) is 0 Å². The lowest BCUT2D eigenvalue weighted by molar-refractivity contribution is -0.00000184. The Morgan fingerprint density at radius 2 is 1.75 bits per heavy atom. The van der Waals surface area contributed by atoms with Crippen molar-refractivity contribution in [2.75, 3.05) is 6.26 Å². The first kappa shape index (κ1) is 8.83. The van der Waals surface area contributed by atoms with Crippen molar-refractivity contribution < 1.29 is 28.2 Å². The summed E-state index contributed by atoms with van der Waals surface area (Å²) in [4.78, 5) is 0. The lowest BCUT2D eigenvalue weighted by Crippen LogP contribution is -3.00. The Hall–Kier alpha value is 0.750. The average Bonchev–Trinajstić information content (AvgIpc) is 0.918. The highest BCUT2D eigenvalue weighted by Gasteiger charge is 1.54. The Bertz CT molecular complexity index is 15.5. The SMILES string of the molecule is C[S+]=O.[I-]. The van der Waals surface area contributed by atoms with Gasteiger partial charge in [0.2, 0.25) is 6.26 Å². The van der Waals surface area contributed by atoms with Crippen molar-refractivity contribution in [2.45, 2.75) is 0 Å². The van der Waals surface area contributed by atoms with E-state index in [1.54, 1.807) is 0 Å². The van der Waals surface area contributed by atoms with Crippen LogP contribution in [0.2, 0.25) is 0 Å². The molecule has 0 saturated carbocycles. The van der Waals surface area contributed by atoms with E-state index in [0.717, 1.165) is 0 Å². The van der Waals surface area contributed by atoms with Gasteiger partial charge < -0.3 is 24.0 Å². The molecule has 3 heteroatoms. The van der Waals surface area contributed by atoms with Crippen LogP contribution in [0.25, 0.3) is 0 Å². The van der Waals surface area contributed by atoms with Gasteiger partial charge in [0.25, 0.3) is 0 Å². The number of halogens is 1. The third-order valence-corrected chi connectivity index (χ3v) is 0. The molecule has 26 valence electrons. The van der Waals surface area contributed by atoms with Gasteiger partial charge in [0, 0.05) is 4.21 Å². The summed E-state index contributed by atoms with van der Waals surface area (Å²) in [6.45, 7) is 0. The van der Waals surface area contributed by atoms with Gasteiger partial charge in [-0.15, -0.1) is 0 Å². The van der Waals surface area contributed by atoms with Crippen LogP contribution in [0.5, 0.6) is 0 Å². The molecule has 0 aliphatic carbocycles. The van der Waals surface area contributed by atoms with E-state index in [1.807, 2.05) is 0 Å². The molecule has 0 spiro atoms. The second-order valence-electron chi connectivity index (χ2n) is 0.167. The van der Waals surface area contributed by atoms with E-state index in [0.29, 0.717) is 11.7 Å². The maximum atomic E-state index is 8.85. The smallest absolute Gasteiger partial charge is 0.455 e. The van der Waals surface area contributed by atoms with Crippen LogP contribution in [0.1, 0.15) is 0 Å². The zero-order valence-corrected chi connectivity index (χ0v) is 5.17. The van der Waals surface area contributed by atoms with Crippen molar-refractivity contribution >= 4 is 11.7 Å². The van der Waals surface area contributed by atoms with Gasteiger partial charge in [0.1, 0.15) is 0 Å². The molecule has 0 aromatic carbocycles. The summed E-state index contributed by atoms with van der Waals surface area (Å²) in [6.07, 6.45) is 1.49. The molecule has 0 fully saturated rings. The Morgan fingerprint density at radius 1 is 1.75 bits per heavy atom. The maximum absolute atomic E-state index is 8.85. The Kier molecular flexibility index (Phi) is 20.4. The molecule has 0 amide bonds. The largest absolute Gasteiger partial charge is 1.00 e. The third kappa shape index (κ3) is 15.0. The van der Waals surface area contributed by atoms with E-state index in [4.69, 9.17) is 4.21 Å². The van der Waals surface area contributed by atoms with Crippen molar-refractivity contribution in [3.63, 3.8) is 0 Å². The number of hydrogen-bond donors (Lipinski definition) is 0. The summed E-state index contributed by atoms with van der Waals surface area (Å²) < 4.78 is 8.85. The Labute approximate surface area is 46.3 Å². The summed E-state index contributed by atoms with van der Waals surface area (Å²) in [5, 5.41) is 0. The lowest BCUT2D eigenvalue weighted by atomic mass is 12.0. The molecule has 0 aliphatic rings. The molecule has 0 N–H and O–H groups in total. The summed E-state index contributed by atoms with van der Waals surface area (Å²) in [5.41, 5.74) is 0. The average molecular weight is 190 g/mol. The van der Waals surface area contributed by atoms with Gasteiger partial charge in [-0.05, 0) is 0 Å². The summed E-state index contributed by atoms with van der Waals surface area (Å²) in [7, 11) is 0. The molecule has 1 nitrogen and oxygen atoms in total. The van der Waals surface area contributed by atoms with Crippen LogP contribution in [0, 0.1) is 0 Å². The van der Waals surface area contributed by atoms with Gasteiger partial charge in [0.15, 0.2) is 0 Å². The second-order valence-corrected chi connectivity index (χ2v) is 0.500. The van der Waals surface area contributed by atoms with Gasteiger partial charge in [-0.25, -0.2) is 0 Å². The zero-order chi connectivity index (χ0) is 2.71. The Balaban J connectivity index is 0. The third-order valence-electron chi connectivity index (χ3n) is 0. The van der Waals surface area contributed by atoms with Gasteiger partial charge in [-0.1, -0.05) is 0 Å². The van der Waals surface area contributed by atoms with E-state index in [9.17, 15) is 0 Å². The number of hydrogen-bond acceptors (Lipinski definition) is 1. The highest BCUT2D eigenvalue weighted by Crippen LogP contribution is 1.14. The van der Waals surface area contributed by atoms with Crippen LogP contribution >= 0.6 is 0 Å². The molecule has 0 aromatic rings. The molecule has 0 aromatic heterocycles. The highest BCUT2D eigenvalue weighted by atomic mass is 127. The molecule has 0 rings (SSSR count). The minimum atomic E-state index is 0. The van der Waals surface area contributed by atoms with Crippen LogP contribution < -0.4 is 24.0 Å². The van der Waals surface area contributed by atoms with Crippen LogP contribution in [0.4, 0.5) is 0 Å². The summed E-state index contributed by atoms with van der Waals surface area (Å²) in [5.74, 6) is 0. The maximum Gasteiger partial charge on any atom is 0.455 e. The fraction of sp³-hybridized carbons (Fsp3) is 1.00. The molecule has 0 radical (unpaired) electrons.